The van der Waals surface area contributed by atoms with Gasteiger partial charge in [-0.3, -0.25) is 0 Å². The van der Waals surface area contributed by atoms with Crippen LogP contribution in [0.2, 0.25) is 5.04 Å². The summed E-state index contributed by atoms with van der Waals surface area (Å²) < 4.78 is 161. The number of aliphatic hydroxyl groups excluding tert-OH is 1. The fourth-order valence-electron chi connectivity index (χ4n) is 14.9. The Morgan fingerprint density at radius 1 is 0.369 bits per heavy atom. The number of rotatable bonds is 28. The van der Waals surface area contributed by atoms with Crippen LogP contribution in [0.25, 0.3) is 34.2 Å². The molecule has 130 heavy (non-hydrogen) atoms. The van der Waals surface area contributed by atoms with Crippen molar-refractivity contribution in [3.8, 4) is 34.2 Å². The van der Waals surface area contributed by atoms with Crippen molar-refractivity contribution in [1.29, 1.82) is 0 Å². The molecule has 0 amide bonds. The van der Waals surface area contributed by atoms with Gasteiger partial charge in [0.15, 0.2) is 0 Å². The summed E-state index contributed by atoms with van der Waals surface area (Å²) in [5.41, 5.74) is 6.32. The van der Waals surface area contributed by atoms with Gasteiger partial charge < -0.3 is 47.8 Å². The fourth-order valence-corrected chi connectivity index (χ4v) is 19.5. The van der Waals surface area contributed by atoms with Crippen molar-refractivity contribution in [2.75, 3.05) is 66.1 Å². The van der Waals surface area contributed by atoms with Gasteiger partial charge in [0.1, 0.15) is 22.4 Å². The first-order valence-corrected chi connectivity index (χ1v) is 43.9. The van der Waals surface area contributed by atoms with E-state index < -0.39 is 65.9 Å². The van der Waals surface area contributed by atoms with E-state index >= 15 is 0 Å². The predicted octanol–water partition coefficient (Wildman–Crippen LogP) is 16.6. The topological polar surface area (TPSA) is 256 Å². The molecule has 18 rings (SSSR count). The summed E-state index contributed by atoms with van der Waals surface area (Å²) in [7, 11) is -2.59. The number of ether oxygens (including phenoxy) is 7. The minimum absolute atomic E-state index is 0.0276. The van der Waals surface area contributed by atoms with Gasteiger partial charge in [0, 0.05) is 16.7 Å². The largest absolute Gasteiger partial charge is 0.416 e. The van der Waals surface area contributed by atoms with Crippen molar-refractivity contribution in [3.63, 3.8) is 0 Å². The Morgan fingerprint density at radius 2 is 0.692 bits per heavy atom. The molecule has 32 heteroatoms. The molecule has 4 aliphatic rings. The number of hydrogen-bond acceptors (Lipinski definition) is 19. The minimum Gasteiger partial charge on any atom is -0.404 e. The van der Waals surface area contributed by atoms with Crippen LogP contribution in [0.1, 0.15) is 87.5 Å². The highest BCUT2D eigenvalue weighted by Gasteiger charge is 2.53. The number of benzene rings is 11. The minimum atomic E-state index is -4.35. The number of aromatic amines is 1. The van der Waals surface area contributed by atoms with Gasteiger partial charge in [-0.15, -0.1) is 30.6 Å². The van der Waals surface area contributed by atoms with Crippen molar-refractivity contribution in [1.82, 2.24) is 61.0 Å². The van der Waals surface area contributed by atoms with Crippen molar-refractivity contribution in [2.24, 2.45) is 0 Å². The van der Waals surface area contributed by atoms with E-state index in [2.05, 4.69) is 145 Å². The monoisotopic (exact) mass is 1800 g/mol. The molecule has 0 aliphatic carbocycles. The SMILES string of the molecule is CC(C)(C)[Si](OCC1(OCc2ccccc2)COC1)(c1ccccc1)c1ccccc1.FC(F)(F)c1ccc(Cc2ccccc2-c2nn[nH]n2)cc1.FC(F)(F)c1ccc(Cc2ccccc2-c2nnn(CC3(OCc4ccccc4)COC3)n2)cc1.OC1(Cn2nnc(-c3ccccc3Cc3ccc(C(F)(F)F)cc3)n2)COC1.OCC1(OCc2ccccc2)COC1. The molecule has 11 aromatic carbocycles. The van der Waals surface area contributed by atoms with Gasteiger partial charge in [-0.05, 0) is 137 Å². The van der Waals surface area contributed by atoms with Gasteiger partial charge in [-0.2, -0.15) is 54.3 Å². The molecular weight excluding hydrogens is 1700 g/mol. The second kappa shape index (κ2) is 42.1. The molecule has 0 saturated carbocycles. The van der Waals surface area contributed by atoms with Crippen LogP contribution in [0.3, 0.4) is 0 Å². The summed E-state index contributed by atoms with van der Waals surface area (Å²) in [6, 6.07) is 89.4. The third-order valence-corrected chi connectivity index (χ3v) is 27.3. The zero-order chi connectivity index (χ0) is 91.3. The second-order valence-electron chi connectivity index (χ2n) is 33.3. The molecule has 22 nitrogen and oxygen atoms in total. The molecule has 0 atom stereocenters. The Kier molecular flexibility index (Phi) is 30.5. The van der Waals surface area contributed by atoms with Crippen LogP contribution in [0.4, 0.5) is 39.5 Å². The van der Waals surface area contributed by atoms with Crippen LogP contribution in [0.5, 0.6) is 0 Å². The Hall–Kier alpha value is -12.2. The van der Waals surface area contributed by atoms with Gasteiger partial charge >= 0.3 is 18.5 Å². The third kappa shape index (κ3) is 24.7. The molecule has 4 fully saturated rings. The molecule has 3 N–H and O–H groups in total. The van der Waals surface area contributed by atoms with Crippen LogP contribution >= 0.6 is 0 Å². The maximum absolute atomic E-state index is 12.9. The normalized spacial score (nSPS) is 15.3. The van der Waals surface area contributed by atoms with Gasteiger partial charge in [0.25, 0.3) is 8.32 Å². The summed E-state index contributed by atoms with van der Waals surface area (Å²) in [5.74, 6) is 1.31. The number of hydrogen-bond donors (Lipinski definition) is 3. The number of nitrogens with zero attached hydrogens (tertiary/aromatic N) is 11. The maximum Gasteiger partial charge on any atom is 0.416 e. The molecule has 0 radical (unpaired) electrons. The lowest BCUT2D eigenvalue weighted by Gasteiger charge is -2.47. The first kappa shape index (κ1) is 93.9. The second-order valence-corrected chi connectivity index (χ2v) is 37.6. The maximum atomic E-state index is 12.9. The fraction of sp³-hybridized carbons (Fsp3) is 0.296. The molecule has 14 aromatic rings. The number of aromatic nitrogens is 12. The molecule has 4 aliphatic heterocycles. The number of halogens is 9. The molecule has 7 heterocycles. The number of H-pyrrole nitrogens is 1. The van der Waals surface area contributed by atoms with Crippen molar-refractivity contribution in [3.05, 3.63) is 364 Å². The van der Waals surface area contributed by atoms with Crippen molar-refractivity contribution in [2.45, 2.75) is 119 Å². The van der Waals surface area contributed by atoms with E-state index in [4.69, 9.17) is 42.7 Å². The lowest BCUT2D eigenvalue weighted by Crippen LogP contribution is -2.69. The standard InChI is InChI=1S/C27H32O3Si.C26H23F3N4O2.C19H17F3N4O2.C15H11F3N4.C11H14O3/c1-26(2,3)31(24-15-9-5-10-16-24,25-17-11-6-12-18-25)30-22-27(20-28-21-27)29-19-23-13-7-4-8-14-23;27-26(28,29)22-12-10-19(11-13-22)14-21-8-4-5-9-23(21)24-30-32-33(31-24)16-25(17-34-18-25)35-15-20-6-2-1-3-7-20;20-19(21,22)15-7-5-13(6-8-15)9-14-3-1-2-4-16(14)17-23-25-26(24-17)10-18(27)11-28-12-18;16-15(17,18)12-7-5-10(6-8-12)9-11-3-1-2-4-13(11)14-19-21-22-20-14;12-7-11(8-13-9-11)14-6-10-4-2-1-3-5-10/h4-18H,19-22H2,1-3H3;1-13H,14-18H2;1-8,27H,9-12H2;1-8H,9H2,(H,19,20,21,22);1-5,12H,6-9H2. The third-order valence-electron chi connectivity index (χ3n) is 22.3. The zero-order valence-corrected chi connectivity index (χ0v) is 72.5. The molecule has 0 spiro atoms. The average molecular weight is 1800 g/mol. The molecule has 4 saturated heterocycles. The quantitative estimate of drug-likeness (QED) is 0.0304. The lowest BCUT2D eigenvalue weighted by atomic mass is 9.98. The van der Waals surface area contributed by atoms with Crippen molar-refractivity contribution < 1.29 is 87.3 Å². The van der Waals surface area contributed by atoms with E-state index in [0.717, 1.165) is 97.6 Å². The van der Waals surface area contributed by atoms with Crippen LogP contribution in [-0.2, 0) is 108 Å². The van der Waals surface area contributed by atoms with Gasteiger partial charge in [0.2, 0.25) is 17.5 Å². The van der Waals surface area contributed by atoms with Crippen LogP contribution < -0.4 is 10.4 Å². The molecule has 676 valence electrons. The molecule has 3 aromatic heterocycles. The zero-order valence-electron chi connectivity index (χ0n) is 71.5. The first-order chi connectivity index (χ1) is 62.6. The average Bonchev–Trinajstić information content (AvgIpc) is 1.55. The van der Waals surface area contributed by atoms with Gasteiger partial charge in [-0.25, -0.2) is 0 Å². The van der Waals surface area contributed by atoms with Crippen LogP contribution in [0.15, 0.2) is 297 Å². The number of aliphatic hydroxyl groups is 2. The summed E-state index contributed by atoms with van der Waals surface area (Å²) in [6.07, 6.45) is -11.7. The highest BCUT2D eigenvalue weighted by molar-refractivity contribution is 6.99. The van der Waals surface area contributed by atoms with Crippen molar-refractivity contribution >= 4 is 18.7 Å². The Balaban J connectivity index is 0.000000134. The first-order valence-electron chi connectivity index (χ1n) is 42.0. The number of nitrogens with one attached hydrogen (secondary N) is 1. The molecule has 0 bridgehead atoms. The number of alkyl halides is 9. The Bertz CT molecular complexity index is 5790. The van der Waals surface area contributed by atoms with E-state index in [9.17, 15) is 44.6 Å². The summed E-state index contributed by atoms with van der Waals surface area (Å²) in [4.78, 5) is 2.84. The van der Waals surface area contributed by atoms with E-state index in [-0.39, 0.29) is 31.4 Å². The summed E-state index contributed by atoms with van der Waals surface area (Å²) in [5, 5.41) is 60.9. The summed E-state index contributed by atoms with van der Waals surface area (Å²) in [6.45, 7) is 13.1. The smallest absolute Gasteiger partial charge is 0.404 e. The molecule has 0 unspecified atom stereocenters. The highest BCUT2D eigenvalue weighted by Crippen LogP contribution is 2.40. The molecular formula is C98H97F9N12O10Si. The summed E-state index contributed by atoms with van der Waals surface area (Å²) >= 11 is 0. The van der Waals surface area contributed by atoms with E-state index in [1.807, 2.05) is 152 Å². The highest BCUT2D eigenvalue weighted by atomic mass is 28.4. The van der Waals surface area contributed by atoms with E-state index in [0.29, 0.717) is 109 Å². The van der Waals surface area contributed by atoms with Crippen LogP contribution in [0, 0.1) is 0 Å². The Labute approximate surface area is 746 Å². The van der Waals surface area contributed by atoms with Gasteiger partial charge in [-0.1, -0.05) is 282 Å². The number of tetrazole rings is 3. The van der Waals surface area contributed by atoms with E-state index in [1.165, 1.54) is 61.9 Å². The van der Waals surface area contributed by atoms with E-state index in [1.54, 1.807) is 0 Å². The van der Waals surface area contributed by atoms with Gasteiger partial charge in [0.05, 0.1) is 116 Å². The van der Waals surface area contributed by atoms with Crippen LogP contribution in [-0.4, -0.2) is 168 Å². The Morgan fingerprint density at radius 3 is 1.01 bits per heavy atom. The predicted molar refractivity (Wildman–Crippen MR) is 470 cm³/mol. The lowest BCUT2D eigenvalue weighted by molar-refractivity contribution is -0.230.